The standard InChI is InChI=1S/C48H68N10O6S/c1-28(2)35-41(60)57-38(47(5,6)7)40(50-27-34(59)58-23-21-29(3)37(58)43(62)54-35)56-39(48(8,9)10)44(63)55-36(30(4)32-19-15-12-16-20-32)42(61)53-33(45-49-22-24-65-45)26-52-46(64)51-25-31-17-13-11-14-18-31/h11-20,22,24,28-30,33,35-39H,21,23,25-27H2,1-10H3,(H,50,56)(H,53,61)(H,54,62)(H,55,63)(H,57,60)(H2,51,52,64)/t29-,30+,33-,35+,36?,37+,38?,39?/m1/s1. The summed E-state index contributed by atoms with van der Waals surface area (Å²) in [7, 11) is 0. The normalized spacial score (nSPS) is 22.2. The van der Waals surface area contributed by atoms with Gasteiger partial charge in [-0.3, -0.25) is 29.0 Å². The van der Waals surface area contributed by atoms with E-state index in [0.29, 0.717) is 24.5 Å². The maximum atomic E-state index is 14.9. The number of amides is 7. The van der Waals surface area contributed by atoms with Gasteiger partial charge in [0.05, 0.1) is 18.6 Å². The van der Waals surface area contributed by atoms with E-state index < -0.39 is 76.8 Å². The summed E-state index contributed by atoms with van der Waals surface area (Å²) >= 11 is 1.32. The molecular weight excluding hydrogens is 845 g/mol. The van der Waals surface area contributed by atoms with Crippen molar-refractivity contribution in [2.75, 3.05) is 19.6 Å². The molecule has 2 fully saturated rings. The topological polar surface area (TPSA) is 215 Å². The summed E-state index contributed by atoms with van der Waals surface area (Å²) in [6, 6.07) is 12.9. The van der Waals surface area contributed by atoms with Crippen LogP contribution >= 0.6 is 11.3 Å². The highest BCUT2D eigenvalue weighted by atomic mass is 32.1. The summed E-state index contributed by atoms with van der Waals surface area (Å²) in [5.74, 6) is -2.91. The van der Waals surface area contributed by atoms with Crippen LogP contribution in [0.4, 0.5) is 4.79 Å². The van der Waals surface area contributed by atoms with Gasteiger partial charge in [0, 0.05) is 37.1 Å². The van der Waals surface area contributed by atoms with Crippen LogP contribution in [0.3, 0.4) is 0 Å². The minimum absolute atomic E-state index is 0.0151. The monoisotopic (exact) mass is 913 g/mol. The minimum Gasteiger partial charge on any atom is -0.363 e. The highest BCUT2D eigenvalue weighted by Gasteiger charge is 2.44. The molecule has 17 heteroatoms. The molecule has 0 spiro atoms. The third-order valence-corrected chi connectivity index (χ3v) is 12.8. The van der Waals surface area contributed by atoms with Gasteiger partial charge in [-0.25, -0.2) is 9.78 Å². The Balaban J connectivity index is 1.48. The van der Waals surface area contributed by atoms with Gasteiger partial charge in [-0.2, -0.15) is 0 Å². The molecule has 0 bridgehead atoms. The fourth-order valence-corrected chi connectivity index (χ4v) is 8.79. The van der Waals surface area contributed by atoms with E-state index in [1.807, 2.05) is 130 Å². The molecule has 2 aliphatic heterocycles. The summed E-state index contributed by atoms with van der Waals surface area (Å²) in [4.78, 5) is 95.5. The Hall–Kier alpha value is -5.84. The average Bonchev–Trinajstić information content (AvgIpc) is 3.94. The number of nitrogens with one attached hydrogen (secondary N) is 7. The molecular formula is C48H68N10O6S. The summed E-state index contributed by atoms with van der Waals surface area (Å²) in [6.45, 7) is 19.3. The molecule has 3 unspecified atom stereocenters. The molecule has 2 saturated heterocycles. The number of aromatic nitrogens is 1. The van der Waals surface area contributed by atoms with E-state index in [0.717, 1.165) is 11.1 Å². The Morgan fingerprint density at radius 1 is 0.877 bits per heavy atom. The highest BCUT2D eigenvalue weighted by Crippen LogP contribution is 2.29. The van der Waals surface area contributed by atoms with Crippen molar-refractivity contribution < 1.29 is 28.8 Å². The number of amidine groups is 1. The highest BCUT2D eigenvalue weighted by molar-refractivity contribution is 7.09. The molecule has 0 radical (unpaired) electrons. The first-order valence-corrected chi connectivity index (χ1v) is 23.4. The first-order valence-electron chi connectivity index (χ1n) is 22.5. The predicted molar refractivity (Wildman–Crippen MR) is 253 cm³/mol. The van der Waals surface area contributed by atoms with E-state index in [-0.39, 0.29) is 42.6 Å². The molecule has 2 aromatic carbocycles. The number of aliphatic imine (C=N–C) groups is 1. The Bertz CT molecular complexity index is 2140. The van der Waals surface area contributed by atoms with Gasteiger partial charge in [0.2, 0.25) is 29.5 Å². The summed E-state index contributed by atoms with van der Waals surface area (Å²) < 4.78 is 0. The Labute approximate surface area is 387 Å². The van der Waals surface area contributed by atoms with E-state index in [4.69, 9.17) is 4.99 Å². The number of benzene rings is 2. The molecule has 8 atom stereocenters. The van der Waals surface area contributed by atoms with Crippen LogP contribution in [-0.2, 0) is 30.5 Å². The molecule has 3 heterocycles. The molecule has 16 nitrogen and oxygen atoms in total. The van der Waals surface area contributed by atoms with E-state index in [9.17, 15) is 28.8 Å². The molecule has 65 heavy (non-hydrogen) atoms. The van der Waals surface area contributed by atoms with Gasteiger partial charge >= 0.3 is 6.03 Å². The largest absolute Gasteiger partial charge is 0.363 e. The van der Waals surface area contributed by atoms with Gasteiger partial charge in [-0.1, -0.05) is 130 Å². The number of hydrogen-bond donors (Lipinski definition) is 7. The van der Waals surface area contributed by atoms with Crippen LogP contribution in [0.2, 0.25) is 0 Å². The predicted octanol–water partition coefficient (Wildman–Crippen LogP) is 4.41. The van der Waals surface area contributed by atoms with Crippen LogP contribution in [0.5, 0.6) is 0 Å². The molecule has 1 aromatic heterocycles. The fourth-order valence-electron chi connectivity index (χ4n) is 8.10. The minimum atomic E-state index is -1.14. The lowest BCUT2D eigenvalue weighted by molar-refractivity contribution is -0.140. The molecule has 3 aromatic rings. The summed E-state index contributed by atoms with van der Waals surface area (Å²) in [5.41, 5.74) is 0.178. The maximum Gasteiger partial charge on any atom is 0.315 e. The fraction of sp³-hybridized carbons (Fsp3) is 0.542. The van der Waals surface area contributed by atoms with Gasteiger partial charge in [-0.05, 0) is 40.2 Å². The first-order chi connectivity index (χ1) is 30.6. The maximum absolute atomic E-state index is 14.9. The number of nitrogens with zero attached hydrogens (tertiary/aromatic N) is 3. The van der Waals surface area contributed by atoms with Crippen LogP contribution in [0.1, 0.15) is 104 Å². The molecule has 7 amide bonds. The zero-order valence-corrected chi connectivity index (χ0v) is 40.2. The van der Waals surface area contributed by atoms with Gasteiger partial charge in [-0.15, -0.1) is 11.3 Å². The van der Waals surface area contributed by atoms with Crippen molar-refractivity contribution in [2.24, 2.45) is 27.7 Å². The van der Waals surface area contributed by atoms with Crippen molar-refractivity contribution in [3.63, 3.8) is 0 Å². The molecule has 352 valence electrons. The quantitative estimate of drug-likeness (QED) is 0.130. The van der Waals surface area contributed by atoms with Crippen molar-refractivity contribution in [1.29, 1.82) is 0 Å². The first kappa shape index (κ1) is 50.2. The zero-order chi connectivity index (χ0) is 47.6. The third-order valence-electron chi connectivity index (χ3n) is 12.0. The van der Waals surface area contributed by atoms with E-state index in [1.165, 1.54) is 11.3 Å². The molecule has 0 saturated carbocycles. The zero-order valence-electron chi connectivity index (χ0n) is 39.4. The van der Waals surface area contributed by atoms with Crippen molar-refractivity contribution >= 4 is 52.7 Å². The number of carbonyl (C=O) groups excluding carboxylic acids is 6. The average molecular weight is 913 g/mol. The van der Waals surface area contributed by atoms with Crippen molar-refractivity contribution in [1.82, 2.24) is 47.1 Å². The smallest absolute Gasteiger partial charge is 0.315 e. The number of carbonyl (C=O) groups is 6. The second-order valence-electron chi connectivity index (χ2n) is 19.6. The van der Waals surface area contributed by atoms with Crippen molar-refractivity contribution in [2.45, 2.75) is 124 Å². The van der Waals surface area contributed by atoms with Crippen LogP contribution in [0, 0.1) is 22.7 Å². The number of thiazole rings is 1. The third kappa shape index (κ3) is 13.4. The molecule has 5 rings (SSSR count). The number of hydrogen-bond acceptors (Lipinski definition) is 9. The Morgan fingerprint density at radius 2 is 1.54 bits per heavy atom. The second-order valence-corrected chi connectivity index (χ2v) is 20.6. The van der Waals surface area contributed by atoms with E-state index in [1.54, 1.807) is 16.5 Å². The lowest BCUT2D eigenvalue weighted by Gasteiger charge is -2.38. The Kier molecular flexibility index (Phi) is 16.9. The van der Waals surface area contributed by atoms with Crippen LogP contribution in [-0.4, -0.2) is 101 Å². The van der Waals surface area contributed by atoms with Crippen molar-refractivity contribution in [3.8, 4) is 0 Å². The number of rotatable bonds is 13. The lowest BCUT2D eigenvalue weighted by Crippen LogP contribution is -2.63. The Morgan fingerprint density at radius 3 is 2.14 bits per heavy atom. The van der Waals surface area contributed by atoms with Crippen LogP contribution < -0.4 is 37.2 Å². The van der Waals surface area contributed by atoms with E-state index >= 15 is 0 Å². The van der Waals surface area contributed by atoms with Gasteiger partial charge < -0.3 is 42.1 Å². The van der Waals surface area contributed by atoms with Gasteiger partial charge in [0.15, 0.2) is 0 Å². The van der Waals surface area contributed by atoms with Gasteiger partial charge in [0.1, 0.15) is 35.0 Å². The molecule has 0 aliphatic carbocycles. The lowest BCUT2D eigenvalue weighted by atomic mass is 9.83. The molecule has 7 N–H and O–H groups in total. The molecule has 2 aliphatic rings. The van der Waals surface area contributed by atoms with Crippen molar-refractivity contribution in [3.05, 3.63) is 88.4 Å². The summed E-state index contributed by atoms with van der Waals surface area (Å²) in [5, 5.41) is 23.4. The SMILES string of the molecule is CC(C)[C@@H]1NC(=O)[C@@H]2[C@H](C)CCN2C(=O)CN/C(=N\C(C(=O)NC(C(=O)N[C@H](CNC(=O)NCc2ccccc2)c2nccs2)[C@@H](C)c2ccccc2)C(C)(C)C)C(C(C)(C)C)NC1=O. The summed E-state index contributed by atoms with van der Waals surface area (Å²) in [6.07, 6.45) is 2.25. The van der Waals surface area contributed by atoms with Crippen LogP contribution in [0.15, 0.2) is 77.2 Å². The van der Waals surface area contributed by atoms with E-state index in [2.05, 4.69) is 42.2 Å². The van der Waals surface area contributed by atoms with Gasteiger partial charge in [0.25, 0.3) is 0 Å². The second kappa shape index (κ2) is 21.9. The van der Waals surface area contributed by atoms with Crippen LogP contribution in [0.25, 0.3) is 0 Å². The number of urea groups is 1. The number of fused-ring (bicyclic) bond motifs is 1.